The van der Waals surface area contributed by atoms with E-state index in [1.165, 1.54) is 0 Å². The van der Waals surface area contributed by atoms with Gasteiger partial charge in [-0.2, -0.15) is 0 Å². The highest BCUT2D eigenvalue weighted by Gasteiger charge is 2.39. The van der Waals surface area contributed by atoms with Crippen LogP contribution in [-0.2, 0) is 19.4 Å². The number of aryl methyl sites for hydroxylation is 2. The maximum atomic E-state index is 12.5. The van der Waals surface area contributed by atoms with Crippen LogP contribution in [0, 0.1) is 20.8 Å². The number of ether oxygens (including phenoxy) is 1. The molecule has 3 rings (SSSR count). The molecule has 2 heterocycles. The number of nitrogens with one attached hydrogen (secondary N) is 1. The molecule has 1 aromatic heterocycles. The molecule has 1 aliphatic rings. The summed E-state index contributed by atoms with van der Waals surface area (Å²) < 4.78 is 30.5. The van der Waals surface area contributed by atoms with Crippen LogP contribution in [0.25, 0.3) is 5.69 Å². The van der Waals surface area contributed by atoms with Gasteiger partial charge in [0.15, 0.2) is 16.4 Å². The zero-order valence-corrected chi connectivity index (χ0v) is 17.9. The highest BCUT2D eigenvalue weighted by molar-refractivity contribution is 7.91. The first-order chi connectivity index (χ1) is 13.5. The molecule has 0 aliphatic carbocycles. The minimum atomic E-state index is -3.14. The lowest BCUT2D eigenvalue weighted by Crippen LogP contribution is -2.48. The number of hydrogen-bond acceptors (Lipinski definition) is 5. The number of hydrogen-bond donors (Lipinski definition) is 1. The largest absolute Gasteiger partial charge is 0.452 e. The summed E-state index contributed by atoms with van der Waals surface area (Å²) in [4.78, 5) is 24.7. The smallest absolute Gasteiger partial charge is 0.340 e. The van der Waals surface area contributed by atoms with Crippen LogP contribution in [0.2, 0.25) is 0 Å². The molecule has 0 bridgehead atoms. The fourth-order valence-electron chi connectivity index (χ4n) is 3.82. The Labute approximate surface area is 171 Å². The Morgan fingerprint density at radius 3 is 2.55 bits per heavy atom. The van der Waals surface area contributed by atoms with Crippen molar-refractivity contribution in [2.45, 2.75) is 39.7 Å². The van der Waals surface area contributed by atoms with Crippen molar-refractivity contribution in [1.29, 1.82) is 0 Å². The predicted octanol–water partition coefficient (Wildman–Crippen LogP) is 2.25. The summed E-state index contributed by atoms with van der Waals surface area (Å²) in [5, 5.41) is 2.68. The zero-order valence-electron chi connectivity index (χ0n) is 17.1. The van der Waals surface area contributed by atoms with Crippen molar-refractivity contribution >= 4 is 21.7 Å². The second-order valence-corrected chi connectivity index (χ2v) is 10.2. The lowest BCUT2D eigenvalue weighted by atomic mass is 10.0. The Bertz CT molecular complexity index is 1070. The van der Waals surface area contributed by atoms with Crippen molar-refractivity contribution in [3.8, 4) is 5.69 Å². The van der Waals surface area contributed by atoms with Gasteiger partial charge in [-0.15, -0.1) is 0 Å². The molecule has 7 nitrogen and oxygen atoms in total. The third kappa shape index (κ3) is 4.70. The molecule has 1 N–H and O–H groups in total. The molecule has 1 atom stereocenters. The molecule has 1 aromatic carbocycles. The Morgan fingerprint density at radius 1 is 1.21 bits per heavy atom. The van der Waals surface area contributed by atoms with E-state index in [2.05, 4.69) is 5.32 Å². The first-order valence-corrected chi connectivity index (χ1v) is 11.3. The number of rotatable bonds is 5. The highest BCUT2D eigenvalue weighted by atomic mass is 32.2. The van der Waals surface area contributed by atoms with E-state index in [1.54, 1.807) is 13.0 Å². The minimum absolute atomic E-state index is 0.0501. The van der Waals surface area contributed by atoms with Gasteiger partial charge in [0.2, 0.25) is 0 Å². The van der Waals surface area contributed by atoms with Crippen molar-refractivity contribution < 1.29 is 22.7 Å². The average Bonchev–Trinajstić information content (AvgIpc) is 3.07. The number of benzene rings is 1. The Hall–Kier alpha value is -2.61. The van der Waals surface area contributed by atoms with Crippen LogP contribution >= 0.6 is 0 Å². The molecule has 0 unspecified atom stereocenters. The van der Waals surface area contributed by atoms with Gasteiger partial charge in [0.05, 0.1) is 22.6 Å². The van der Waals surface area contributed by atoms with Gasteiger partial charge in [0.25, 0.3) is 5.91 Å². The molecular formula is C21H26N2O5S. The van der Waals surface area contributed by atoms with Crippen molar-refractivity contribution in [1.82, 2.24) is 9.88 Å². The van der Waals surface area contributed by atoms with E-state index < -0.39 is 33.9 Å². The van der Waals surface area contributed by atoms with E-state index in [4.69, 9.17) is 4.74 Å². The standard InChI is InChI=1S/C21H26N2O5S/c1-14-6-5-7-17(10-14)23-15(2)11-18(16(23)3)20(25)28-12-19(24)22-21(4)8-9-29(26,27)13-21/h5-7,10-11H,8-9,12-13H2,1-4H3,(H,22,24)/t21-/m1/s1. The number of aromatic nitrogens is 1. The molecule has 156 valence electrons. The van der Waals surface area contributed by atoms with Crippen LogP contribution in [0.5, 0.6) is 0 Å². The van der Waals surface area contributed by atoms with Crippen molar-refractivity contribution in [2.24, 2.45) is 0 Å². The first kappa shape index (κ1) is 21.1. The Kier molecular flexibility index (Phi) is 5.58. The summed E-state index contributed by atoms with van der Waals surface area (Å²) in [7, 11) is -3.14. The number of amides is 1. The summed E-state index contributed by atoms with van der Waals surface area (Å²) >= 11 is 0. The number of carbonyl (C=O) groups is 2. The molecular weight excluding hydrogens is 392 g/mol. The molecule has 1 amide bonds. The number of carbonyl (C=O) groups excluding carboxylic acids is 2. The van der Waals surface area contributed by atoms with Gasteiger partial charge < -0.3 is 14.6 Å². The van der Waals surface area contributed by atoms with Crippen LogP contribution in [-0.4, -0.2) is 48.5 Å². The first-order valence-electron chi connectivity index (χ1n) is 9.44. The van der Waals surface area contributed by atoms with Crippen LogP contribution in [0.1, 0.15) is 40.7 Å². The van der Waals surface area contributed by atoms with Gasteiger partial charge in [0, 0.05) is 17.1 Å². The van der Waals surface area contributed by atoms with Crippen LogP contribution in [0.15, 0.2) is 30.3 Å². The fraction of sp³-hybridized carbons (Fsp3) is 0.429. The second-order valence-electron chi connectivity index (χ2n) is 7.99. The molecule has 1 aliphatic heterocycles. The van der Waals surface area contributed by atoms with Crippen LogP contribution in [0.3, 0.4) is 0 Å². The topological polar surface area (TPSA) is 94.5 Å². The van der Waals surface area contributed by atoms with Gasteiger partial charge in [-0.3, -0.25) is 4.79 Å². The highest BCUT2D eigenvalue weighted by Crippen LogP contribution is 2.24. The number of esters is 1. The third-order valence-electron chi connectivity index (χ3n) is 5.19. The quantitative estimate of drug-likeness (QED) is 0.752. The zero-order chi connectivity index (χ0) is 21.4. The van der Waals surface area contributed by atoms with Crippen molar-refractivity contribution in [3.05, 3.63) is 52.8 Å². The number of sulfone groups is 1. The van der Waals surface area contributed by atoms with Gasteiger partial charge in [-0.1, -0.05) is 12.1 Å². The lowest BCUT2D eigenvalue weighted by molar-refractivity contribution is -0.125. The molecule has 2 aromatic rings. The summed E-state index contributed by atoms with van der Waals surface area (Å²) in [5.74, 6) is -1.15. The SMILES string of the molecule is Cc1cccc(-n2c(C)cc(C(=O)OCC(=O)N[C@]3(C)CCS(=O)(=O)C3)c2C)c1. The van der Waals surface area contributed by atoms with Crippen LogP contribution < -0.4 is 5.32 Å². The van der Waals surface area contributed by atoms with E-state index in [1.807, 2.05) is 49.6 Å². The molecule has 8 heteroatoms. The lowest BCUT2D eigenvalue weighted by Gasteiger charge is -2.23. The van der Waals surface area contributed by atoms with Gasteiger partial charge in [-0.05, 0) is 57.9 Å². The van der Waals surface area contributed by atoms with Gasteiger partial charge >= 0.3 is 5.97 Å². The van der Waals surface area contributed by atoms with E-state index >= 15 is 0 Å². The Morgan fingerprint density at radius 2 is 1.93 bits per heavy atom. The molecule has 1 fully saturated rings. The second kappa shape index (κ2) is 7.67. The Balaban J connectivity index is 1.67. The van der Waals surface area contributed by atoms with Crippen molar-refractivity contribution in [2.75, 3.05) is 18.1 Å². The minimum Gasteiger partial charge on any atom is -0.452 e. The number of nitrogens with zero attached hydrogens (tertiary/aromatic N) is 1. The normalized spacial score (nSPS) is 20.4. The maximum absolute atomic E-state index is 12.5. The summed E-state index contributed by atoms with van der Waals surface area (Å²) in [6.07, 6.45) is 0.354. The monoisotopic (exact) mass is 418 g/mol. The molecule has 0 saturated carbocycles. The van der Waals surface area contributed by atoms with Gasteiger partial charge in [0.1, 0.15) is 0 Å². The summed E-state index contributed by atoms with van der Waals surface area (Å²) in [6, 6.07) is 9.69. The van der Waals surface area contributed by atoms with E-state index in [0.717, 1.165) is 22.6 Å². The van der Waals surface area contributed by atoms with E-state index in [9.17, 15) is 18.0 Å². The fourth-order valence-corrected chi connectivity index (χ4v) is 5.92. The van der Waals surface area contributed by atoms with Gasteiger partial charge in [-0.25, -0.2) is 13.2 Å². The summed E-state index contributed by atoms with van der Waals surface area (Å²) in [5.41, 5.74) is 3.25. The molecule has 29 heavy (non-hydrogen) atoms. The molecule has 0 radical (unpaired) electrons. The maximum Gasteiger partial charge on any atom is 0.340 e. The predicted molar refractivity (Wildman–Crippen MR) is 110 cm³/mol. The molecule has 1 saturated heterocycles. The third-order valence-corrected chi connectivity index (χ3v) is 7.09. The van der Waals surface area contributed by atoms with E-state index in [0.29, 0.717) is 12.0 Å². The van der Waals surface area contributed by atoms with E-state index in [-0.39, 0.29) is 11.5 Å². The molecule has 0 spiro atoms. The average molecular weight is 419 g/mol. The van der Waals surface area contributed by atoms with Crippen LogP contribution in [0.4, 0.5) is 0 Å². The summed E-state index contributed by atoms with van der Waals surface area (Å²) in [6.45, 7) is 6.97. The van der Waals surface area contributed by atoms with Crippen molar-refractivity contribution in [3.63, 3.8) is 0 Å².